The predicted molar refractivity (Wildman–Crippen MR) is 69.7 cm³/mol. The summed E-state index contributed by atoms with van der Waals surface area (Å²) in [5.41, 5.74) is 0.676. The second-order valence-corrected chi connectivity index (χ2v) is 5.89. The maximum absolute atomic E-state index is 13.1. The van der Waals surface area contributed by atoms with Gasteiger partial charge in [-0.3, -0.25) is 4.79 Å². The number of benzene rings is 1. The summed E-state index contributed by atoms with van der Waals surface area (Å²) in [5, 5.41) is 2.40. The maximum Gasteiger partial charge on any atom is 0.241 e. The Morgan fingerprint density at radius 3 is 2.26 bits per heavy atom. The molecule has 0 unspecified atom stereocenters. The van der Waals surface area contributed by atoms with Gasteiger partial charge in [-0.1, -0.05) is 0 Å². The molecule has 0 aliphatic carbocycles. The van der Waals surface area contributed by atoms with Crippen LogP contribution < -0.4 is 10.0 Å². The first kappa shape index (κ1) is 15.6. The van der Waals surface area contributed by atoms with Crippen LogP contribution in [0.15, 0.2) is 17.0 Å². The van der Waals surface area contributed by atoms with Crippen LogP contribution in [0.4, 0.5) is 4.39 Å². The van der Waals surface area contributed by atoms with Gasteiger partial charge in [0.25, 0.3) is 0 Å². The quantitative estimate of drug-likeness (QED) is 0.843. The van der Waals surface area contributed by atoms with E-state index in [4.69, 9.17) is 0 Å². The molecule has 1 aromatic carbocycles. The van der Waals surface area contributed by atoms with E-state index in [-0.39, 0.29) is 23.8 Å². The van der Waals surface area contributed by atoms with Gasteiger partial charge in [0, 0.05) is 20.0 Å². The number of aryl methyl sites for hydroxylation is 2. The summed E-state index contributed by atoms with van der Waals surface area (Å²) < 4.78 is 39.6. The topological polar surface area (TPSA) is 75.3 Å². The Kier molecular flexibility index (Phi) is 5.02. The molecule has 0 aliphatic rings. The molecular formula is C12H17FN2O3S. The largest absolute Gasteiger partial charge is 0.359 e. The van der Waals surface area contributed by atoms with Crippen molar-refractivity contribution in [3.05, 3.63) is 29.1 Å². The molecule has 0 spiro atoms. The van der Waals surface area contributed by atoms with Crippen LogP contribution >= 0.6 is 0 Å². The second-order valence-electron chi connectivity index (χ2n) is 4.19. The number of amides is 1. The van der Waals surface area contributed by atoms with Crippen molar-refractivity contribution in [2.24, 2.45) is 0 Å². The van der Waals surface area contributed by atoms with Crippen LogP contribution in [0.5, 0.6) is 0 Å². The van der Waals surface area contributed by atoms with E-state index in [0.717, 1.165) is 0 Å². The van der Waals surface area contributed by atoms with Crippen molar-refractivity contribution in [3.63, 3.8) is 0 Å². The zero-order valence-electron chi connectivity index (χ0n) is 11.1. The number of halogens is 1. The molecule has 0 aliphatic heterocycles. The Morgan fingerprint density at radius 1 is 1.26 bits per heavy atom. The van der Waals surface area contributed by atoms with Gasteiger partial charge in [0.2, 0.25) is 15.9 Å². The van der Waals surface area contributed by atoms with Crippen molar-refractivity contribution in [2.45, 2.75) is 25.2 Å². The van der Waals surface area contributed by atoms with Gasteiger partial charge in [-0.15, -0.1) is 0 Å². The summed E-state index contributed by atoms with van der Waals surface area (Å²) in [6, 6.07) is 2.33. The number of sulfonamides is 1. The van der Waals surface area contributed by atoms with E-state index in [1.165, 1.54) is 33.0 Å². The second kappa shape index (κ2) is 6.12. The minimum Gasteiger partial charge on any atom is -0.359 e. The Balaban J connectivity index is 2.92. The maximum atomic E-state index is 13.1. The van der Waals surface area contributed by atoms with Crippen LogP contribution in [0, 0.1) is 19.7 Å². The standard InChI is InChI=1S/C12H17FN2O3S/c1-8-6-10(13)7-9(2)12(8)19(17,18)15-5-4-11(16)14-3/h6-7,15H,4-5H2,1-3H3,(H,14,16). The van der Waals surface area contributed by atoms with Gasteiger partial charge in [-0.05, 0) is 37.1 Å². The molecule has 1 aromatic rings. The van der Waals surface area contributed by atoms with E-state index in [1.807, 2.05) is 0 Å². The van der Waals surface area contributed by atoms with Crippen molar-refractivity contribution < 1.29 is 17.6 Å². The third-order valence-corrected chi connectivity index (χ3v) is 4.38. The molecule has 0 fully saturated rings. The molecule has 0 atom stereocenters. The van der Waals surface area contributed by atoms with E-state index >= 15 is 0 Å². The van der Waals surface area contributed by atoms with Crippen LogP contribution in [-0.4, -0.2) is 27.9 Å². The summed E-state index contributed by atoms with van der Waals surface area (Å²) in [4.78, 5) is 11.1. The minimum absolute atomic E-state index is 0.00172. The highest BCUT2D eigenvalue weighted by atomic mass is 32.2. The minimum atomic E-state index is -3.74. The molecule has 0 heterocycles. The number of carbonyl (C=O) groups is 1. The third kappa shape index (κ3) is 4.00. The fourth-order valence-corrected chi connectivity index (χ4v) is 3.30. The molecule has 0 saturated heterocycles. The zero-order valence-corrected chi connectivity index (χ0v) is 11.9. The zero-order chi connectivity index (χ0) is 14.6. The lowest BCUT2D eigenvalue weighted by atomic mass is 10.1. The first-order valence-electron chi connectivity index (χ1n) is 5.75. The summed E-state index contributed by atoms with van der Waals surface area (Å²) in [6.07, 6.45) is 0.0506. The van der Waals surface area contributed by atoms with Crippen LogP contribution in [-0.2, 0) is 14.8 Å². The molecular weight excluding hydrogens is 271 g/mol. The fraction of sp³-hybridized carbons (Fsp3) is 0.417. The molecule has 2 N–H and O–H groups in total. The van der Waals surface area contributed by atoms with Gasteiger partial charge in [0.05, 0.1) is 4.90 Å². The Hall–Kier alpha value is -1.47. The monoisotopic (exact) mass is 288 g/mol. The van der Waals surface area contributed by atoms with Crippen molar-refractivity contribution in [3.8, 4) is 0 Å². The number of carbonyl (C=O) groups excluding carboxylic acids is 1. The third-order valence-electron chi connectivity index (χ3n) is 2.62. The van der Waals surface area contributed by atoms with E-state index in [2.05, 4.69) is 10.0 Å². The molecule has 19 heavy (non-hydrogen) atoms. The van der Waals surface area contributed by atoms with Gasteiger partial charge in [0.15, 0.2) is 0 Å². The molecule has 0 radical (unpaired) electrons. The van der Waals surface area contributed by atoms with Crippen molar-refractivity contribution >= 4 is 15.9 Å². The van der Waals surface area contributed by atoms with E-state index in [0.29, 0.717) is 11.1 Å². The van der Waals surface area contributed by atoms with E-state index in [1.54, 1.807) is 0 Å². The highest BCUT2D eigenvalue weighted by Gasteiger charge is 2.20. The van der Waals surface area contributed by atoms with Crippen molar-refractivity contribution in [1.82, 2.24) is 10.0 Å². The van der Waals surface area contributed by atoms with Crippen molar-refractivity contribution in [2.75, 3.05) is 13.6 Å². The number of rotatable bonds is 5. The summed E-state index contributed by atoms with van der Waals surface area (Å²) in [5.74, 6) is -0.727. The molecule has 0 saturated carbocycles. The summed E-state index contributed by atoms with van der Waals surface area (Å²) in [7, 11) is -2.26. The fourth-order valence-electron chi connectivity index (χ4n) is 1.82. The molecule has 1 amide bonds. The lowest BCUT2D eigenvalue weighted by molar-refractivity contribution is -0.120. The normalized spacial score (nSPS) is 11.4. The highest BCUT2D eigenvalue weighted by molar-refractivity contribution is 7.89. The predicted octanol–water partition coefficient (Wildman–Crippen LogP) is 0.857. The van der Waals surface area contributed by atoms with Crippen LogP contribution in [0.3, 0.4) is 0 Å². The molecule has 5 nitrogen and oxygen atoms in total. The summed E-state index contributed by atoms with van der Waals surface area (Å²) in [6.45, 7) is 3.06. The van der Waals surface area contributed by atoms with Crippen LogP contribution in [0.25, 0.3) is 0 Å². The Morgan fingerprint density at radius 2 is 1.79 bits per heavy atom. The van der Waals surface area contributed by atoms with Gasteiger partial charge < -0.3 is 5.32 Å². The van der Waals surface area contributed by atoms with Crippen LogP contribution in [0.1, 0.15) is 17.5 Å². The summed E-state index contributed by atoms with van der Waals surface area (Å²) >= 11 is 0. The van der Waals surface area contributed by atoms with Gasteiger partial charge in [-0.25, -0.2) is 17.5 Å². The van der Waals surface area contributed by atoms with Crippen LogP contribution in [0.2, 0.25) is 0 Å². The molecule has 106 valence electrons. The molecule has 0 bridgehead atoms. The lowest BCUT2D eigenvalue weighted by Gasteiger charge is -2.12. The van der Waals surface area contributed by atoms with Crippen molar-refractivity contribution in [1.29, 1.82) is 0 Å². The first-order chi connectivity index (χ1) is 8.77. The SMILES string of the molecule is CNC(=O)CCNS(=O)(=O)c1c(C)cc(F)cc1C. The molecule has 1 rings (SSSR count). The smallest absolute Gasteiger partial charge is 0.241 e. The number of nitrogens with one attached hydrogen (secondary N) is 2. The first-order valence-corrected chi connectivity index (χ1v) is 7.23. The lowest BCUT2D eigenvalue weighted by Crippen LogP contribution is -2.30. The highest BCUT2D eigenvalue weighted by Crippen LogP contribution is 2.21. The van der Waals surface area contributed by atoms with E-state index in [9.17, 15) is 17.6 Å². The average molecular weight is 288 g/mol. The Bertz CT molecular complexity index is 562. The Labute approximate surface area is 112 Å². The van der Waals surface area contributed by atoms with Gasteiger partial charge in [0.1, 0.15) is 5.82 Å². The molecule has 0 aromatic heterocycles. The van der Waals surface area contributed by atoms with Gasteiger partial charge in [-0.2, -0.15) is 0 Å². The molecule has 7 heteroatoms. The number of hydrogen-bond donors (Lipinski definition) is 2. The van der Waals surface area contributed by atoms with E-state index < -0.39 is 15.8 Å². The average Bonchev–Trinajstić information content (AvgIpc) is 2.26. The van der Waals surface area contributed by atoms with Gasteiger partial charge >= 0.3 is 0 Å². The number of hydrogen-bond acceptors (Lipinski definition) is 3.